The van der Waals surface area contributed by atoms with Crippen molar-refractivity contribution in [2.45, 2.75) is 32.2 Å². The van der Waals surface area contributed by atoms with Crippen LogP contribution in [-0.2, 0) is 0 Å². The van der Waals surface area contributed by atoms with Gasteiger partial charge in [0.15, 0.2) is 11.9 Å². The zero-order valence-corrected chi connectivity index (χ0v) is 10.4. The number of nitrogens with one attached hydrogen (secondary N) is 2. The van der Waals surface area contributed by atoms with Crippen LogP contribution in [-0.4, -0.2) is 23.8 Å². The van der Waals surface area contributed by atoms with E-state index < -0.39 is 0 Å². The van der Waals surface area contributed by atoms with Crippen molar-refractivity contribution in [3.8, 4) is 0 Å². The summed E-state index contributed by atoms with van der Waals surface area (Å²) < 4.78 is 0. The van der Waals surface area contributed by atoms with Crippen molar-refractivity contribution in [3.63, 3.8) is 0 Å². The lowest BCUT2D eigenvalue weighted by Crippen LogP contribution is -2.41. The third kappa shape index (κ3) is 9.62. The van der Waals surface area contributed by atoms with E-state index >= 15 is 0 Å². The third-order valence-electron chi connectivity index (χ3n) is 1.73. The Morgan fingerprint density at radius 3 is 2.53 bits per heavy atom. The second kappa shape index (κ2) is 9.86. The van der Waals surface area contributed by atoms with Crippen molar-refractivity contribution in [1.29, 1.82) is 5.41 Å². The quantitative estimate of drug-likeness (QED) is 0.335. The molecule has 90 valence electrons. The van der Waals surface area contributed by atoms with Gasteiger partial charge in [0.25, 0.3) is 0 Å². The summed E-state index contributed by atoms with van der Waals surface area (Å²) in [5.41, 5.74) is 10.6. The maximum Gasteiger partial charge on any atom is 0.195 e. The molecule has 0 heterocycles. The molecule has 1 unspecified atom stereocenters. The molecule has 0 aromatic rings. The standard InChI is InChI=1S/C8H18ClN5.ClH/c1-2-6(4-3-5-9)13-8(12)14-7(10)11;/h6H,2-5H2,1H3,(H6,10,11,12,13,14);1H. The average molecular weight is 256 g/mol. The highest BCUT2D eigenvalue weighted by Gasteiger charge is 2.04. The van der Waals surface area contributed by atoms with Gasteiger partial charge in [-0.1, -0.05) is 6.92 Å². The molecule has 0 rings (SSSR count). The van der Waals surface area contributed by atoms with Gasteiger partial charge in [-0.25, -0.2) is 4.99 Å². The number of halogens is 2. The summed E-state index contributed by atoms with van der Waals surface area (Å²) in [5, 5.41) is 9.39. The van der Waals surface area contributed by atoms with Gasteiger partial charge in [0.1, 0.15) is 0 Å². The summed E-state index contributed by atoms with van der Waals surface area (Å²) in [4.78, 5) is 4.18. The van der Waals surface area contributed by atoms with Crippen LogP contribution in [0.5, 0.6) is 0 Å². The molecule has 15 heavy (non-hydrogen) atoms. The van der Waals surface area contributed by atoms with Crippen molar-refractivity contribution < 1.29 is 0 Å². The van der Waals surface area contributed by atoms with Crippen molar-refractivity contribution >= 4 is 35.9 Å². The smallest absolute Gasteiger partial charge is 0.195 e. The van der Waals surface area contributed by atoms with Crippen LogP contribution in [0.25, 0.3) is 0 Å². The number of rotatable bonds is 5. The fourth-order valence-corrected chi connectivity index (χ4v) is 1.19. The lowest BCUT2D eigenvalue weighted by atomic mass is 10.1. The molecule has 1 atom stereocenters. The van der Waals surface area contributed by atoms with Crippen LogP contribution < -0.4 is 16.8 Å². The predicted molar refractivity (Wildman–Crippen MR) is 68.0 cm³/mol. The van der Waals surface area contributed by atoms with Crippen molar-refractivity contribution in [2.75, 3.05) is 5.88 Å². The third-order valence-corrected chi connectivity index (χ3v) is 1.99. The van der Waals surface area contributed by atoms with E-state index in [9.17, 15) is 0 Å². The Balaban J connectivity index is 0. The van der Waals surface area contributed by atoms with Crippen molar-refractivity contribution in [1.82, 2.24) is 5.32 Å². The molecule has 6 N–H and O–H groups in total. The van der Waals surface area contributed by atoms with Gasteiger partial charge >= 0.3 is 0 Å². The Morgan fingerprint density at radius 1 is 1.53 bits per heavy atom. The number of alkyl halides is 1. The van der Waals surface area contributed by atoms with Crippen LogP contribution in [0.15, 0.2) is 4.99 Å². The van der Waals surface area contributed by atoms with E-state index in [1.165, 1.54) is 0 Å². The number of hydrogen-bond donors (Lipinski definition) is 4. The van der Waals surface area contributed by atoms with Crippen LogP contribution in [0.4, 0.5) is 0 Å². The minimum Gasteiger partial charge on any atom is -0.370 e. The summed E-state index contributed by atoms with van der Waals surface area (Å²) in [5.74, 6) is 0.629. The summed E-state index contributed by atoms with van der Waals surface area (Å²) in [6, 6.07) is 0.153. The fraction of sp³-hybridized carbons (Fsp3) is 0.750. The van der Waals surface area contributed by atoms with Gasteiger partial charge in [0, 0.05) is 5.88 Å². The van der Waals surface area contributed by atoms with Crippen LogP contribution in [0.2, 0.25) is 0 Å². The largest absolute Gasteiger partial charge is 0.370 e. The first-order valence-electron chi connectivity index (χ1n) is 4.60. The lowest BCUT2D eigenvalue weighted by molar-refractivity contribution is 0.589. The molecule has 0 bridgehead atoms. The second-order valence-corrected chi connectivity index (χ2v) is 3.32. The summed E-state index contributed by atoms with van der Waals surface area (Å²) in [7, 11) is 0. The van der Waals surface area contributed by atoms with E-state index in [2.05, 4.69) is 10.3 Å². The molecule has 0 fully saturated rings. The molecule has 0 aliphatic rings. The molecule has 0 spiro atoms. The van der Waals surface area contributed by atoms with Crippen LogP contribution in [0, 0.1) is 5.41 Å². The van der Waals surface area contributed by atoms with E-state index in [-0.39, 0.29) is 30.4 Å². The Kier molecular flexibility index (Phi) is 11.0. The van der Waals surface area contributed by atoms with Crippen molar-refractivity contribution in [3.05, 3.63) is 0 Å². The monoisotopic (exact) mass is 255 g/mol. The molecule has 0 aliphatic carbocycles. The van der Waals surface area contributed by atoms with E-state index in [0.717, 1.165) is 19.3 Å². The Morgan fingerprint density at radius 2 is 2.13 bits per heavy atom. The SMILES string of the molecule is CCC(CCCCl)N=C(N)NC(=N)N.Cl. The van der Waals surface area contributed by atoms with Crippen LogP contribution in [0.1, 0.15) is 26.2 Å². The van der Waals surface area contributed by atoms with E-state index in [1.54, 1.807) is 0 Å². The second-order valence-electron chi connectivity index (χ2n) is 2.95. The zero-order valence-electron chi connectivity index (χ0n) is 8.79. The highest BCUT2D eigenvalue weighted by molar-refractivity contribution is 6.17. The predicted octanol–water partition coefficient (Wildman–Crippen LogP) is 1.00. The van der Waals surface area contributed by atoms with Gasteiger partial charge in [0.05, 0.1) is 6.04 Å². The number of aliphatic imine (C=N–C) groups is 1. The number of nitrogens with two attached hydrogens (primary N) is 2. The highest BCUT2D eigenvalue weighted by atomic mass is 35.5. The molecule has 5 nitrogen and oxygen atoms in total. The molecular weight excluding hydrogens is 237 g/mol. The number of guanidine groups is 2. The van der Waals surface area contributed by atoms with Gasteiger partial charge < -0.3 is 11.5 Å². The van der Waals surface area contributed by atoms with Gasteiger partial charge in [-0.2, -0.15) is 0 Å². The topological polar surface area (TPSA) is 100 Å². The van der Waals surface area contributed by atoms with E-state index in [1.807, 2.05) is 6.92 Å². The van der Waals surface area contributed by atoms with Gasteiger partial charge in [0.2, 0.25) is 0 Å². The van der Waals surface area contributed by atoms with Crippen molar-refractivity contribution in [2.24, 2.45) is 16.5 Å². The zero-order chi connectivity index (χ0) is 11.0. The van der Waals surface area contributed by atoms with Crippen LogP contribution >= 0.6 is 24.0 Å². The Bertz CT molecular complexity index is 207. The lowest BCUT2D eigenvalue weighted by Gasteiger charge is -2.10. The molecular formula is C8H19Cl2N5. The molecule has 0 aromatic heterocycles. The molecule has 7 heteroatoms. The summed E-state index contributed by atoms with van der Waals surface area (Å²) in [6.07, 6.45) is 2.72. The van der Waals surface area contributed by atoms with Gasteiger partial charge in [-0.15, -0.1) is 24.0 Å². The van der Waals surface area contributed by atoms with E-state index in [0.29, 0.717) is 5.88 Å². The maximum absolute atomic E-state index is 6.95. The first-order valence-corrected chi connectivity index (χ1v) is 5.13. The molecule has 0 aliphatic heterocycles. The molecule has 0 saturated carbocycles. The Hall–Kier alpha value is -0.680. The first kappa shape index (κ1) is 16.7. The van der Waals surface area contributed by atoms with Gasteiger partial charge in [-0.05, 0) is 19.3 Å². The summed E-state index contributed by atoms with van der Waals surface area (Å²) >= 11 is 5.57. The molecule has 0 saturated heterocycles. The highest BCUT2D eigenvalue weighted by Crippen LogP contribution is 2.06. The minimum atomic E-state index is -0.196. The molecule has 0 radical (unpaired) electrons. The minimum absolute atomic E-state index is 0. The fourth-order valence-electron chi connectivity index (χ4n) is 1.04. The van der Waals surface area contributed by atoms with Crippen LogP contribution in [0.3, 0.4) is 0 Å². The average Bonchev–Trinajstić information content (AvgIpc) is 2.10. The number of nitrogens with zero attached hydrogens (tertiary/aromatic N) is 1. The summed E-state index contributed by atoms with van der Waals surface area (Å²) in [6.45, 7) is 2.03. The molecule has 0 aromatic carbocycles. The number of hydrogen-bond acceptors (Lipinski definition) is 2. The van der Waals surface area contributed by atoms with E-state index in [4.69, 9.17) is 28.5 Å². The maximum atomic E-state index is 6.95. The first-order chi connectivity index (χ1) is 6.60. The normalized spacial score (nSPS) is 12.8. The Labute approximate surface area is 102 Å². The van der Waals surface area contributed by atoms with Gasteiger partial charge in [-0.3, -0.25) is 10.7 Å². The molecule has 0 amide bonds.